The number of hydrogen-bond acceptors (Lipinski definition) is 3. The van der Waals surface area contributed by atoms with Crippen LogP contribution in [-0.4, -0.2) is 18.4 Å². The van der Waals surface area contributed by atoms with Crippen LogP contribution < -0.4 is 16.6 Å². The molecule has 0 spiro atoms. The quantitative estimate of drug-likeness (QED) is 0.310. The zero-order chi connectivity index (χ0) is 12.5. The summed E-state index contributed by atoms with van der Waals surface area (Å²) in [7, 11) is 0. The molecule has 0 aliphatic heterocycles. The number of hydrazine groups is 1. The molecule has 17 heavy (non-hydrogen) atoms. The number of amidine groups is 1. The minimum atomic E-state index is -0.267. The molecule has 1 atom stereocenters. The Morgan fingerprint density at radius 1 is 1.47 bits per heavy atom. The molecule has 0 bridgehead atoms. The number of rotatable bonds is 5. The van der Waals surface area contributed by atoms with Gasteiger partial charge in [0.25, 0.3) is 0 Å². The first-order chi connectivity index (χ1) is 8.27. The molecule has 0 aliphatic rings. The third-order valence-corrected chi connectivity index (χ3v) is 2.13. The smallest absolute Gasteiger partial charge is 0.133 e. The molecule has 0 saturated heterocycles. The van der Waals surface area contributed by atoms with Gasteiger partial charge in [0.1, 0.15) is 5.84 Å². The molecule has 0 unspecified atom stereocenters. The average Bonchev–Trinajstić information content (AvgIpc) is 2.36. The molecule has 0 aliphatic carbocycles. The Labute approximate surface area is 102 Å². The van der Waals surface area contributed by atoms with Crippen molar-refractivity contribution in [2.24, 2.45) is 10.7 Å². The second-order valence-corrected chi connectivity index (χ2v) is 3.49. The van der Waals surface area contributed by atoms with Gasteiger partial charge in [-0.25, -0.2) is 0 Å². The van der Waals surface area contributed by atoms with E-state index in [1.54, 1.807) is 0 Å². The summed E-state index contributed by atoms with van der Waals surface area (Å²) in [4.78, 5) is 4.28. The van der Waals surface area contributed by atoms with E-state index in [1.165, 1.54) is 0 Å². The zero-order valence-electron chi connectivity index (χ0n) is 9.98. The van der Waals surface area contributed by atoms with Crippen LogP contribution in [0, 0.1) is 12.3 Å². The van der Waals surface area contributed by atoms with Crippen LogP contribution in [0.2, 0.25) is 0 Å². The normalized spacial score (nSPS) is 12.6. The molecule has 0 radical (unpaired) electrons. The fourth-order valence-corrected chi connectivity index (χ4v) is 1.30. The monoisotopic (exact) mass is 230 g/mol. The number of nitrogens with two attached hydrogens (primary N) is 1. The van der Waals surface area contributed by atoms with Gasteiger partial charge in [-0.15, -0.1) is 12.3 Å². The van der Waals surface area contributed by atoms with E-state index < -0.39 is 0 Å². The molecular weight excluding hydrogens is 212 g/mol. The highest BCUT2D eigenvalue weighted by Crippen LogP contribution is 2.02. The predicted octanol–water partition coefficient (Wildman–Crippen LogP) is 1.37. The summed E-state index contributed by atoms with van der Waals surface area (Å²) in [5, 5.41) is 0. The zero-order valence-corrected chi connectivity index (χ0v) is 9.98. The number of nitrogens with one attached hydrogen (secondary N) is 2. The second kappa shape index (κ2) is 7.31. The summed E-state index contributed by atoms with van der Waals surface area (Å²) in [5.41, 5.74) is 12.9. The second-order valence-electron chi connectivity index (χ2n) is 3.49. The summed E-state index contributed by atoms with van der Waals surface area (Å²) in [6.45, 7) is 2.61. The molecule has 1 rings (SSSR count). The van der Waals surface area contributed by atoms with Crippen molar-refractivity contribution in [3.05, 3.63) is 30.3 Å². The standard InChI is InChI=1S/C13H18N4/c1-3-8-12(14)13(15-4-2)17-16-11-9-6-5-7-10-11/h1,5-7,9-10,12,16H,4,8,14H2,2H3,(H,15,17)/t12-/m1/s1. The molecule has 0 amide bonds. The number of anilines is 1. The van der Waals surface area contributed by atoms with Crippen molar-refractivity contribution in [2.75, 3.05) is 12.0 Å². The van der Waals surface area contributed by atoms with Crippen LogP contribution in [0.25, 0.3) is 0 Å². The van der Waals surface area contributed by atoms with Crippen LogP contribution in [0.5, 0.6) is 0 Å². The third kappa shape index (κ3) is 4.58. The van der Waals surface area contributed by atoms with Gasteiger partial charge >= 0.3 is 0 Å². The van der Waals surface area contributed by atoms with Crippen molar-refractivity contribution >= 4 is 11.5 Å². The van der Waals surface area contributed by atoms with Gasteiger partial charge in [-0.1, -0.05) is 18.2 Å². The minimum absolute atomic E-state index is 0.267. The molecule has 4 heteroatoms. The number of nitrogens with zero attached hydrogens (tertiary/aromatic N) is 1. The van der Waals surface area contributed by atoms with E-state index in [4.69, 9.17) is 12.2 Å². The summed E-state index contributed by atoms with van der Waals surface area (Å²) < 4.78 is 0. The first-order valence-corrected chi connectivity index (χ1v) is 5.58. The minimum Gasteiger partial charge on any atom is -0.321 e. The molecule has 90 valence electrons. The highest BCUT2D eigenvalue weighted by Gasteiger charge is 2.08. The number of terminal acetylenes is 1. The Morgan fingerprint density at radius 3 is 2.76 bits per heavy atom. The van der Waals surface area contributed by atoms with Crippen LogP contribution in [-0.2, 0) is 0 Å². The van der Waals surface area contributed by atoms with E-state index in [-0.39, 0.29) is 6.04 Å². The van der Waals surface area contributed by atoms with Gasteiger partial charge in [-0.05, 0) is 19.1 Å². The Bertz CT molecular complexity index is 392. The van der Waals surface area contributed by atoms with Gasteiger partial charge in [-0.2, -0.15) is 0 Å². The van der Waals surface area contributed by atoms with E-state index in [1.807, 2.05) is 37.3 Å². The Morgan fingerprint density at radius 2 is 2.18 bits per heavy atom. The summed E-state index contributed by atoms with van der Waals surface area (Å²) in [5.74, 6) is 3.21. The van der Waals surface area contributed by atoms with E-state index in [9.17, 15) is 0 Å². The van der Waals surface area contributed by atoms with Crippen molar-refractivity contribution in [3.8, 4) is 12.3 Å². The van der Waals surface area contributed by atoms with Crippen LogP contribution in [0.4, 0.5) is 5.69 Å². The number of benzene rings is 1. The molecule has 1 aromatic carbocycles. The number of aliphatic imine (C=N–C) groups is 1. The maximum absolute atomic E-state index is 5.90. The van der Waals surface area contributed by atoms with Gasteiger partial charge in [0, 0.05) is 13.0 Å². The number of hydrogen-bond donors (Lipinski definition) is 3. The molecule has 4 N–H and O–H groups in total. The molecule has 0 aromatic heterocycles. The molecule has 0 heterocycles. The third-order valence-electron chi connectivity index (χ3n) is 2.13. The largest absolute Gasteiger partial charge is 0.321 e. The lowest BCUT2D eigenvalue weighted by Gasteiger charge is -2.16. The average molecular weight is 230 g/mol. The van der Waals surface area contributed by atoms with Crippen molar-refractivity contribution in [3.63, 3.8) is 0 Å². The van der Waals surface area contributed by atoms with E-state index in [0.717, 1.165) is 5.69 Å². The van der Waals surface area contributed by atoms with Crippen LogP contribution in [0.15, 0.2) is 35.3 Å². The summed E-state index contributed by atoms with van der Waals surface area (Å²) in [6, 6.07) is 9.48. The van der Waals surface area contributed by atoms with Crippen molar-refractivity contribution in [1.82, 2.24) is 5.43 Å². The number of para-hydroxylation sites is 1. The Kier molecular flexibility index (Phi) is 5.62. The van der Waals surface area contributed by atoms with Crippen molar-refractivity contribution in [1.29, 1.82) is 0 Å². The maximum atomic E-state index is 5.90. The molecule has 0 saturated carbocycles. The highest BCUT2D eigenvalue weighted by atomic mass is 15.4. The Balaban J connectivity index is 2.57. The van der Waals surface area contributed by atoms with Crippen LogP contribution >= 0.6 is 0 Å². The van der Waals surface area contributed by atoms with Gasteiger partial charge in [0.2, 0.25) is 0 Å². The first-order valence-electron chi connectivity index (χ1n) is 5.58. The first kappa shape index (κ1) is 13.1. The van der Waals surface area contributed by atoms with Gasteiger partial charge in [0.15, 0.2) is 0 Å². The lowest BCUT2D eigenvalue weighted by molar-refractivity contribution is 0.838. The predicted molar refractivity (Wildman–Crippen MR) is 72.6 cm³/mol. The molecule has 0 fully saturated rings. The molecule has 4 nitrogen and oxygen atoms in total. The van der Waals surface area contributed by atoms with Crippen LogP contribution in [0.1, 0.15) is 13.3 Å². The van der Waals surface area contributed by atoms with Crippen molar-refractivity contribution < 1.29 is 0 Å². The van der Waals surface area contributed by atoms with Crippen molar-refractivity contribution in [2.45, 2.75) is 19.4 Å². The van der Waals surface area contributed by atoms with E-state index in [2.05, 4.69) is 21.8 Å². The fraction of sp³-hybridized carbons (Fsp3) is 0.308. The SMILES string of the molecule is C#CC[C@@H](N)C(=NCC)NNc1ccccc1. The Hall–Kier alpha value is -1.99. The van der Waals surface area contributed by atoms with Crippen LogP contribution in [0.3, 0.4) is 0 Å². The van der Waals surface area contributed by atoms with E-state index in [0.29, 0.717) is 18.8 Å². The van der Waals surface area contributed by atoms with Gasteiger partial charge in [-0.3, -0.25) is 15.8 Å². The topological polar surface area (TPSA) is 62.4 Å². The fourth-order valence-electron chi connectivity index (χ4n) is 1.30. The highest BCUT2D eigenvalue weighted by molar-refractivity contribution is 5.88. The molecule has 1 aromatic rings. The van der Waals surface area contributed by atoms with Gasteiger partial charge < -0.3 is 5.73 Å². The maximum Gasteiger partial charge on any atom is 0.133 e. The lowest BCUT2D eigenvalue weighted by atomic mass is 10.2. The molecular formula is C13H18N4. The van der Waals surface area contributed by atoms with Gasteiger partial charge in [0.05, 0.1) is 11.7 Å². The lowest BCUT2D eigenvalue weighted by Crippen LogP contribution is -2.43. The van der Waals surface area contributed by atoms with E-state index >= 15 is 0 Å². The summed E-state index contributed by atoms with van der Waals surface area (Å²) >= 11 is 0. The summed E-state index contributed by atoms with van der Waals surface area (Å²) in [6.07, 6.45) is 5.70.